The fourth-order valence-corrected chi connectivity index (χ4v) is 5.08. The van der Waals surface area contributed by atoms with Gasteiger partial charge in [0.15, 0.2) is 12.1 Å². The predicted molar refractivity (Wildman–Crippen MR) is 179 cm³/mol. The molecule has 0 saturated heterocycles. The van der Waals surface area contributed by atoms with E-state index >= 15 is 0 Å². The van der Waals surface area contributed by atoms with Gasteiger partial charge in [0.2, 0.25) is 0 Å². The Morgan fingerprint density at radius 3 is 1.66 bits per heavy atom. The molecule has 2 unspecified atom stereocenters. The first-order valence-corrected chi connectivity index (χ1v) is 17.7. The van der Waals surface area contributed by atoms with Gasteiger partial charge in [0.05, 0.1) is 34.4 Å². The van der Waals surface area contributed by atoms with Crippen LogP contribution in [-0.4, -0.2) is 80.6 Å². The molecule has 258 valence electrons. The van der Waals surface area contributed by atoms with Crippen LogP contribution in [0.25, 0.3) is 0 Å². The summed E-state index contributed by atoms with van der Waals surface area (Å²) < 4.78 is 17.1. The molecular weight excluding hydrogens is 558 g/mol. The molecular formula is C36H68NO7+. The van der Waals surface area contributed by atoms with Crippen LogP contribution >= 0.6 is 0 Å². The van der Waals surface area contributed by atoms with Gasteiger partial charge in [0.1, 0.15) is 6.61 Å². The Hall–Kier alpha value is -1.93. The first-order chi connectivity index (χ1) is 21.1. The van der Waals surface area contributed by atoms with Crippen molar-refractivity contribution >= 4 is 17.9 Å². The van der Waals surface area contributed by atoms with E-state index in [2.05, 4.69) is 26.0 Å². The monoisotopic (exact) mass is 626 g/mol. The molecule has 0 rings (SSSR count). The van der Waals surface area contributed by atoms with Crippen molar-refractivity contribution in [3.63, 3.8) is 0 Å². The highest BCUT2D eigenvalue weighted by Crippen LogP contribution is 2.12. The number of carbonyl (C=O) groups is 3. The van der Waals surface area contributed by atoms with Gasteiger partial charge in [0.25, 0.3) is 0 Å². The minimum Gasteiger partial charge on any atom is -0.477 e. The number of hydrogen-bond donors (Lipinski definition) is 1. The molecule has 1 N–H and O–H groups in total. The molecule has 0 aromatic carbocycles. The average Bonchev–Trinajstić information content (AvgIpc) is 2.96. The van der Waals surface area contributed by atoms with Crippen LogP contribution in [0.4, 0.5) is 0 Å². The second kappa shape index (κ2) is 28.5. The lowest BCUT2D eigenvalue weighted by atomic mass is 10.1. The van der Waals surface area contributed by atoms with Crippen molar-refractivity contribution in [1.29, 1.82) is 0 Å². The van der Waals surface area contributed by atoms with Crippen molar-refractivity contribution in [3.05, 3.63) is 12.2 Å². The Labute approximate surface area is 269 Å². The van der Waals surface area contributed by atoms with E-state index in [1.807, 2.05) is 21.1 Å². The third kappa shape index (κ3) is 26.5. The molecule has 0 saturated carbocycles. The largest absolute Gasteiger partial charge is 0.477 e. The van der Waals surface area contributed by atoms with Crippen LogP contribution < -0.4 is 0 Å². The second-order valence-electron chi connectivity index (χ2n) is 13.1. The maximum Gasteiger partial charge on any atom is 0.362 e. The summed E-state index contributed by atoms with van der Waals surface area (Å²) in [4.78, 5) is 36.5. The van der Waals surface area contributed by atoms with Gasteiger partial charge in [-0.1, -0.05) is 103 Å². The van der Waals surface area contributed by atoms with E-state index in [0.717, 1.165) is 51.4 Å². The van der Waals surface area contributed by atoms with E-state index in [1.54, 1.807) is 0 Å². The molecule has 0 fully saturated rings. The summed E-state index contributed by atoms with van der Waals surface area (Å²) in [5, 5.41) is 9.54. The van der Waals surface area contributed by atoms with Gasteiger partial charge in [0, 0.05) is 19.3 Å². The molecule has 2 atom stereocenters. The molecule has 0 aliphatic heterocycles. The fraction of sp³-hybridized carbons (Fsp3) is 0.861. The number of allylic oxidation sites excluding steroid dienone is 2. The van der Waals surface area contributed by atoms with Gasteiger partial charge in [-0.15, -0.1) is 0 Å². The molecule has 0 spiro atoms. The van der Waals surface area contributed by atoms with Crippen molar-refractivity contribution in [3.8, 4) is 0 Å². The van der Waals surface area contributed by atoms with E-state index in [1.165, 1.54) is 64.2 Å². The zero-order valence-electron chi connectivity index (χ0n) is 29.1. The number of carboxylic acids is 1. The Morgan fingerprint density at radius 2 is 1.14 bits per heavy atom. The van der Waals surface area contributed by atoms with Crippen LogP contribution in [0.1, 0.15) is 149 Å². The molecule has 0 aliphatic rings. The van der Waals surface area contributed by atoms with Crippen molar-refractivity contribution in [2.75, 3.05) is 41.0 Å². The van der Waals surface area contributed by atoms with Gasteiger partial charge in [-0.2, -0.15) is 0 Å². The smallest absolute Gasteiger partial charge is 0.362 e. The van der Waals surface area contributed by atoms with Crippen molar-refractivity contribution in [2.24, 2.45) is 0 Å². The molecule has 0 radical (unpaired) electrons. The highest BCUT2D eigenvalue weighted by molar-refractivity contribution is 5.72. The second-order valence-corrected chi connectivity index (χ2v) is 13.1. The molecule has 0 aliphatic carbocycles. The molecule has 0 aromatic heterocycles. The number of aliphatic carboxylic acids is 1. The molecule has 0 aromatic rings. The highest BCUT2D eigenvalue weighted by atomic mass is 16.6. The SMILES string of the molecule is CCCCCCCC/C=C/CCCCCC(=O)OC(COCCC(C(=O)O)[N+](C)(C)C)COC(=O)CCCCCCCCC. The topological polar surface area (TPSA) is 99.1 Å². The summed E-state index contributed by atoms with van der Waals surface area (Å²) in [6.45, 7) is 4.65. The molecule has 0 amide bonds. The maximum atomic E-state index is 12.6. The van der Waals surface area contributed by atoms with E-state index < -0.39 is 18.1 Å². The third-order valence-electron chi connectivity index (χ3n) is 7.91. The Morgan fingerprint density at radius 1 is 0.659 bits per heavy atom. The Balaban J connectivity index is 4.46. The summed E-state index contributed by atoms with van der Waals surface area (Å²) >= 11 is 0. The normalized spacial score (nSPS) is 13.2. The summed E-state index contributed by atoms with van der Waals surface area (Å²) in [5.41, 5.74) is 0. The molecule has 8 nitrogen and oxygen atoms in total. The number of quaternary nitrogens is 1. The van der Waals surface area contributed by atoms with E-state index in [0.29, 0.717) is 19.3 Å². The van der Waals surface area contributed by atoms with Crippen molar-refractivity contribution < 1.29 is 38.2 Å². The number of hydrogen-bond acceptors (Lipinski definition) is 6. The third-order valence-corrected chi connectivity index (χ3v) is 7.91. The number of carboxylic acid groups (broad SMARTS) is 1. The van der Waals surface area contributed by atoms with E-state index in [4.69, 9.17) is 14.2 Å². The number of rotatable bonds is 31. The standard InChI is InChI=1S/C36H67NO7/c1-6-8-10-12-14-15-16-17-18-19-21-23-25-27-35(39)44-32(30-42-29-28-33(36(40)41)37(3,4)5)31-43-34(38)26-24-22-20-13-11-9-7-2/h17-18,32-33H,6-16,19-31H2,1-5H3/p+1/b18-17+. The van der Waals surface area contributed by atoms with Crippen LogP contribution in [0.3, 0.4) is 0 Å². The first kappa shape index (κ1) is 42.1. The van der Waals surface area contributed by atoms with E-state index in [-0.39, 0.29) is 36.2 Å². The predicted octanol–water partition coefficient (Wildman–Crippen LogP) is 8.41. The van der Waals surface area contributed by atoms with Crippen LogP contribution in [0, 0.1) is 0 Å². The summed E-state index contributed by atoms with van der Waals surface area (Å²) in [6, 6.07) is -0.610. The molecule has 0 bridgehead atoms. The Kier molecular flexibility index (Phi) is 27.3. The lowest BCUT2D eigenvalue weighted by molar-refractivity contribution is -0.887. The summed E-state index contributed by atoms with van der Waals surface area (Å²) in [6.07, 6.45) is 25.5. The number of unbranched alkanes of at least 4 members (excludes halogenated alkanes) is 15. The summed E-state index contributed by atoms with van der Waals surface area (Å²) in [7, 11) is 5.50. The lowest BCUT2D eigenvalue weighted by Gasteiger charge is -2.31. The average molecular weight is 627 g/mol. The minimum absolute atomic E-state index is 0.0534. The van der Waals surface area contributed by atoms with Gasteiger partial charge in [-0.3, -0.25) is 9.59 Å². The van der Waals surface area contributed by atoms with Crippen LogP contribution in [-0.2, 0) is 28.6 Å². The zero-order valence-corrected chi connectivity index (χ0v) is 29.1. The zero-order chi connectivity index (χ0) is 32.9. The first-order valence-electron chi connectivity index (χ1n) is 17.7. The number of nitrogens with zero attached hydrogens (tertiary/aromatic N) is 1. The number of ether oxygens (including phenoxy) is 3. The minimum atomic E-state index is -0.878. The number of esters is 2. The van der Waals surface area contributed by atoms with E-state index in [9.17, 15) is 19.5 Å². The maximum absolute atomic E-state index is 12.6. The van der Waals surface area contributed by atoms with Crippen LogP contribution in [0.2, 0.25) is 0 Å². The molecule has 8 heteroatoms. The molecule has 44 heavy (non-hydrogen) atoms. The highest BCUT2D eigenvalue weighted by Gasteiger charge is 2.31. The van der Waals surface area contributed by atoms with Gasteiger partial charge < -0.3 is 23.8 Å². The van der Waals surface area contributed by atoms with Gasteiger partial charge >= 0.3 is 17.9 Å². The number of carbonyl (C=O) groups excluding carboxylic acids is 2. The quantitative estimate of drug-likeness (QED) is 0.0357. The van der Waals surface area contributed by atoms with Crippen LogP contribution in [0.5, 0.6) is 0 Å². The Bertz CT molecular complexity index is 747. The summed E-state index contributed by atoms with van der Waals surface area (Å²) in [5.74, 6) is -1.49. The van der Waals surface area contributed by atoms with Crippen molar-refractivity contribution in [1.82, 2.24) is 0 Å². The lowest BCUT2D eigenvalue weighted by Crippen LogP contribution is -2.50. The number of likely N-dealkylation sites (N-methyl/N-ethyl adjacent to an activating group) is 1. The van der Waals surface area contributed by atoms with Crippen LogP contribution in [0.15, 0.2) is 12.2 Å². The molecule has 0 heterocycles. The van der Waals surface area contributed by atoms with Crippen molar-refractivity contribution in [2.45, 2.75) is 161 Å². The fourth-order valence-electron chi connectivity index (χ4n) is 5.08. The van der Waals surface area contributed by atoms with Gasteiger partial charge in [-0.25, -0.2) is 4.79 Å². The van der Waals surface area contributed by atoms with Gasteiger partial charge in [-0.05, 0) is 38.5 Å².